The molecule has 25 heavy (non-hydrogen) atoms. The number of ether oxygens (including phenoxy) is 1. The number of aromatic nitrogens is 4. The zero-order valence-electron chi connectivity index (χ0n) is 13.9. The van der Waals surface area contributed by atoms with E-state index in [2.05, 4.69) is 15.0 Å². The minimum atomic E-state index is -1.11. The zero-order valence-corrected chi connectivity index (χ0v) is 13.9. The lowest BCUT2D eigenvalue weighted by molar-refractivity contribution is -0.0414. The highest BCUT2D eigenvalue weighted by Crippen LogP contribution is 2.32. The molecule has 6 N–H and O–H groups in total. The molecule has 0 bridgehead atoms. The first-order valence-electron chi connectivity index (χ1n) is 8.01. The molecule has 4 atom stereocenters. The summed E-state index contributed by atoms with van der Waals surface area (Å²) in [5.74, 6) is 0.250. The van der Waals surface area contributed by atoms with Crippen LogP contribution in [0.25, 0.3) is 11.2 Å². The molecule has 0 aromatic carbocycles. The van der Waals surface area contributed by atoms with Crippen molar-refractivity contribution in [1.82, 2.24) is 24.4 Å². The number of hydrogen-bond donors (Lipinski definition) is 4. The summed E-state index contributed by atoms with van der Waals surface area (Å²) >= 11 is 0. The Morgan fingerprint density at radius 1 is 1.28 bits per heavy atom. The van der Waals surface area contributed by atoms with Gasteiger partial charge in [0, 0.05) is 19.6 Å². The molecule has 1 aliphatic rings. The Labute approximate surface area is 144 Å². The zero-order chi connectivity index (χ0) is 18.0. The second-order valence-corrected chi connectivity index (χ2v) is 6.06. The lowest BCUT2D eigenvalue weighted by Crippen LogP contribution is -2.38. The Balaban J connectivity index is 1.75. The molecule has 2 aromatic rings. The van der Waals surface area contributed by atoms with Gasteiger partial charge in [0.2, 0.25) is 0 Å². The van der Waals surface area contributed by atoms with Gasteiger partial charge in [0.1, 0.15) is 30.2 Å². The van der Waals surface area contributed by atoms with E-state index < -0.39 is 24.5 Å². The van der Waals surface area contributed by atoms with E-state index >= 15 is 0 Å². The Kier molecular flexibility index (Phi) is 5.25. The predicted octanol–water partition coefficient (Wildman–Crippen LogP) is -1.53. The standard InChI is InChI=1S/C15H23N7O3/c1-21(5-3-2-4-16)6-9-11(23)12(24)15(25-9)22-8-20-10-13(17)18-7-19-14(10)22/h2-3,7-9,11-12,15,23-24H,4-6,16H2,1H3,(H2,17,18,19)/b3-2-/t9-,11+,12?,15?/m1/s1. The number of fused-ring (bicyclic) bond motifs is 1. The van der Waals surface area contributed by atoms with Crippen LogP contribution in [-0.4, -0.2) is 79.6 Å². The van der Waals surface area contributed by atoms with Gasteiger partial charge in [-0.15, -0.1) is 0 Å². The van der Waals surface area contributed by atoms with Gasteiger partial charge in [-0.25, -0.2) is 15.0 Å². The van der Waals surface area contributed by atoms with Crippen molar-refractivity contribution in [2.45, 2.75) is 24.5 Å². The number of anilines is 1. The number of imidazole rings is 1. The van der Waals surface area contributed by atoms with Gasteiger partial charge in [-0.3, -0.25) is 4.57 Å². The van der Waals surface area contributed by atoms with Crippen molar-refractivity contribution in [3.05, 3.63) is 24.8 Å². The molecule has 3 rings (SSSR count). The van der Waals surface area contributed by atoms with E-state index in [4.69, 9.17) is 16.2 Å². The predicted molar refractivity (Wildman–Crippen MR) is 91.4 cm³/mol. The molecule has 0 amide bonds. The Morgan fingerprint density at radius 2 is 2.08 bits per heavy atom. The van der Waals surface area contributed by atoms with E-state index in [-0.39, 0.29) is 5.82 Å². The van der Waals surface area contributed by atoms with Gasteiger partial charge in [-0.1, -0.05) is 12.2 Å². The van der Waals surface area contributed by atoms with Gasteiger partial charge in [-0.2, -0.15) is 0 Å². The van der Waals surface area contributed by atoms with Crippen LogP contribution in [0.5, 0.6) is 0 Å². The summed E-state index contributed by atoms with van der Waals surface area (Å²) in [6, 6.07) is 0. The lowest BCUT2D eigenvalue weighted by Gasteiger charge is -2.21. The second kappa shape index (κ2) is 7.42. The van der Waals surface area contributed by atoms with Crippen LogP contribution in [0.2, 0.25) is 0 Å². The van der Waals surface area contributed by atoms with Crippen LogP contribution in [0.4, 0.5) is 5.82 Å². The second-order valence-electron chi connectivity index (χ2n) is 6.06. The largest absolute Gasteiger partial charge is 0.387 e. The Hall–Kier alpha value is -2.11. The molecule has 10 heteroatoms. The molecular formula is C15H23N7O3. The Morgan fingerprint density at radius 3 is 2.84 bits per heavy atom. The molecule has 1 fully saturated rings. The number of nitrogens with two attached hydrogens (primary N) is 2. The summed E-state index contributed by atoms with van der Waals surface area (Å²) in [6.07, 6.45) is 3.13. The molecule has 3 heterocycles. The van der Waals surface area contributed by atoms with Crippen molar-refractivity contribution in [3.8, 4) is 0 Å². The highest BCUT2D eigenvalue weighted by Gasteiger charge is 2.44. The summed E-state index contributed by atoms with van der Waals surface area (Å²) in [7, 11) is 1.90. The summed E-state index contributed by atoms with van der Waals surface area (Å²) in [5.41, 5.74) is 12.1. The molecule has 1 saturated heterocycles. The van der Waals surface area contributed by atoms with Crippen LogP contribution in [0, 0.1) is 0 Å². The van der Waals surface area contributed by atoms with Gasteiger partial charge in [0.25, 0.3) is 0 Å². The van der Waals surface area contributed by atoms with Crippen LogP contribution < -0.4 is 11.5 Å². The molecule has 10 nitrogen and oxygen atoms in total. The summed E-state index contributed by atoms with van der Waals surface area (Å²) in [6.45, 7) is 1.60. The summed E-state index contributed by atoms with van der Waals surface area (Å²) in [4.78, 5) is 14.2. The fourth-order valence-electron chi connectivity index (χ4n) is 2.90. The topological polar surface area (TPSA) is 149 Å². The fraction of sp³-hybridized carbons (Fsp3) is 0.533. The van der Waals surface area contributed by atoms with E-state index in [1.54, 1.807) is 4.57 Å². The van der Waals surface area contributed by atoms with Crippen LogP contribution >= 0.6 is 0 Å². The molecule has 136 valence electrons. The normalized spacial score (nSPS) is 27.1. The SMILES string of the molecule is CN(C/C=C\CN)C[C@H]1OC(n2cnc3c(N)ncnc32)C(O)[C@H]1O. The molecule has 1 aliphatic heterocycles. The number of aliphatic hydroxyl groups excluding tert-OH is 2. The Bertz CT molecular complexity index is 750. The van der Waals surface area contributed by atoms with Crippen molar-refractivity contribution in [2.75, 3.05) is 32.4 Å². The highest BCUT2D eigenvalue weighted by molar-refractivity contribution is 5.81. The first-order chi connectivity index (χ1) is 12.0. The maximum Gasteiger partial charge on any atom is 0.167 e. The number of likely N-dealkylation sites (N-methyl/N-ethyl adjacent to an activating group) is 1. The quantitative estimate of drug-likeness (QED) is 0.456. The smallest absolute Gasteiger partial charge is 0.167 e. The van der Waals surface area contributed by atoms with Crippen LogP contribution in [0.3, 0.4) is 0 Å². The van der Waals surface area contributed by atoms with Gasteiger partial charge in [-0.05, 0) is 7.05 Å². The van der Waals surface area contributed by atoms with Gasteiger partial charge >= 0.3 is 0 Å². The van der Waals surface area contributed by atoms with E-state index in [1.807, 2.05) is 24.1 Å². The number of rotatable bonds is 6. The first-order valence-corrected chi connectivity index (χ1v) is 8.01. The van der Waals surface area contributed by atoms with Crippen LogP contribution in [-0.2, 0) is 4.74 Å². The molecule has 0 radical (unpaired) electrons. The minimum Gasteiger partial charge on any atom is -0.387 e. The van der Waals surface area contributed by atoms with Crippen molar-refractivity contribution in [3.63, 3.8) is 0 Å². The molecule has 0 aliphatic carbocycles. The first kappa shape index (κ1) is 17.7. The van der Waals surface area contributed by atoms with E-state index in [9.17, 15) is 10.2 Å². The van der Waals surface area contributed by atoms with E-state index in [0.717, 1.165) is 0 Å². The van der Waals surface area contributed by atoms with E-state index in [1.165, 1.54) is 12.7 Å². The third-order valence-electron chi connectivity index (χ3n) is 4.21. The van der Waals surface area contributed by atoms with Crippen LogP contribution in [0.1, 0.15) is 6.23 Å². The monoisotopic (exact) mass is 349 g/mol. The van der Waals surface area contributed by atoms with Crippen molar-refractivity contribution >= 4 is 17.0 Å². The van der Waals surface area contributed by atoms with Crippen molar-refractivity contribution in [2.24, 2.45) is 5.73 Å². The van der Waals surface area contributed by atoms with Crippen molar-refractivity contribution in [1.29, 1.82) is 0 Å². The summed E-state index contributed by atoms with van der Waals surface area (Å²) in [5, 5.41) is 20.8. The third kappa shape index (κ3) is 3.48. The summed E-state index contributed by atoms with van der Waals surface area (Å²) < 4.78 is 7.45. The highest BCUT2D eigenvalue weighted by atomic mass is 16.6. The van der Waals surface area contributed by atoms with Gasteiger partial charge < -0.3 is 31.3 Å². The maximum absolute atomic E-state index is 10.4. The molecule has 2 unspecified atom stereocenters. The minimum absolute atomic E-state index is 0.250. The van der Waals surface area contributed by atoms with E-state index in [0.29, 0.717) is 30.8 Å². The van der Waals surface area contributed by atoms with Gasteiger partial charge in [0.15, 0.2) is 17.7 Å². The number of nitrogen functional groups attached to an aromatic ring is 1. The number of nitrogens with zero attached hydrogens (tertiary/aromatic N) is 5. The molecular weight excluding hydrogens is 326 g/mol. The third-order valence-corrected chi connectivity index (χ3v) is 4.21. The average molecular weight is 349 g/mol. The van der Waals surface area contributed by atoms with Crippen molar-refractivity contribution < 1.29 is 14.9 Å². The number of hydrogen-bond acceptors (Lipinski definition) is 9. The van der Waals surface area contributed by atoms with Crippen LogP contribution in [0.15, 0.2) is 24.8 Å². The lowest BCUT2D eigenvalue weighted by atomic mass is 10.1. The number of aliphatic hydroxyl groups is 2. The average Bonchev–Trinajstić information content (AvgIpc) is 3.13. The molecule has 0 saturated carbocycles. The fourth-order valence-corrected chi connectivity index (χ4v) is 2.90. The molecule has 2 aromatic heterocycles. The maximum atomic E-state index is 10.4. The molecule has 0 spiro atoms. The van der Waals surface area contributed by atoms with Gasteiger partial charge in [0.05, 0.1) is 6.33 Å².